The fraction of sp³-hybridized carbons (Fsp3) is 0. The molecule has 0 bridgehead atoms. The predicted molar refractivity (Wildman–Crippen MR) is 64.6 cm³/mol. The fourth-order valence-corrected chi connectivity index (χ4v) is 2.56. The summed E-state index contributed by atoms with van der Waals surface area (Å²) in [6.45, 7) is 0. The topological polar surface area (TPSA) is 26.0 Å². The molecule has 2 heterocycles. The lowest BCUT2D eigenvalue weighted by atomic mass is 10.2. The molecule has 0 saturated carbocycles. The van der Waals surface area contributed by atoms with Crippen LogP contribution >= 0.6 is 24.0 Å². The molecular formula is C11H7NOS2. The minimum atomic E-state index is 0.750. The number of benzene rings is 1. The lowest BCUT2D eigenvalue weighted by molar-refractivity contribution is 0.617. The van der Waals surface area contributed by atoms with Crippen LogP contribution in [0.1, 0.15) is 0 Å². The summed E-state index contributed by atoms with van der Waals surface area (Å²) in [6.07, 6.45) is 1.75. The van der Waals surface area contributed by atoms with E-state index in [0.29, 0.717) is 0 Å². The quantitative estimate of drug-likeness (QED) is 0.646. The Kier molecular flexibility index (Phi) is 2.04. The Morgan fingerprint density at radius 1 is 1.27 bits per heavy atom. The zero-order valence-corrected chi connectivity index (χ0v) is 9.39. The summed E-state index contributed by atoms with van der Waals surface area (Å²) >= 11 is 5.77. The summed E-state index contributed by atoms with van der Waals surface area (Å²) in [5, 5.41) is 4.71. The van der Waals surface area contributed by atoms with Crippen molar-refractivity contribution in [2.75, 3.05) is 0 Å². The molecule has 0 atom stereocenters. The number of hydrogen-bond acceptors (Lipinski definition) is 4. The maximum absolute atomic E-state index is 5.45. The zero-order valence-electron chi connectivity index (χ0n) is 7.68. The SMILES string of the molecule is Sc1csc(-c2coc3ccccc23)n1. The second-order valence-electron chi connectivity index (χ2n) is 3.16. The molecule has 4 heteroatoms. The fourth-order valence-electron chi connectivity index (χ4n) is 1.53. The standard InChI is InChI=1S/C11H7NOS2/c14-10-6-15-11(12-10)8-5-13-9-4-2-1-3-7(8)9/h1-6,14H. The van der Waals surface area contributed by atoms with Gasteiger partial charge < -0.3 is 4.42 Å². The highest BCUT2D eigenvalue weighted by Gasteiger charge is 2.10. The minimum Gasteiger partial charge on any atom is -0.464 e. The van der Waals surface area contributed by atoms with Crippen molar-refractivity contribution in [3.8, 4) is 10.6 Å². The molecule has 2 aromatic heterocycles. The summed E-state index contributed by atoms with van der Waals surface area (Å²) in [6, 6.07) is 7.94. The highest BCUT2D eigenvalue weighted by molar-refractivity contribution is 7.80. The van der Waals surface area contributed by atoms with Crippen molar-refractivity contribution in [2.45, 2.75) is 5.03 Å². The van der Waals surface area contributed by atoms with Gasteiger partial charge in [0.05, 0.1) is 5.56 Å². The highest BCUT2D eigenvalue weighted by Crippen LogP contribution is 2.32. The second kappa shape index (κ2) is 3.40. The van der Waals surface area contributed by atoms with Crippen LogP contribution < -0.4 is 0 Å². The first-order valence-electron chi connectivity index (χ1n) is 4.46. The van der Waals surface area contributed by atoms with E-state index >= 15 is 0 Å². The van der Waals surface area contributed by atoms with E-state index < -0.39 is 0 Å². The molecule has 0 fully saturated rings. The zero-order chi connectivity index (χ0) is 10.3. The van der Waals surface area contributed by atoms with Crippen molar-refractivity contribution in [2.24, 2.45) is 0 Å². The second-order valence-corrected chi connectivity index (χ2v) is 4.47. The van der Waals surface area contributed by atoms with Crippen LogP contribution in [0.5, 0.6) is 0 Å². The number of hydrogen-bond donors (Lipinski definition) is 1. The maximum atomic E-state index is 5.45. The molecule has 0 amide bonds. The molecule has 0 aliphatic carbocycles. The third-order valence-corrected chi connectivity index (χ3v) is 3.48. The van der Waals surface area contributed by atoms with E-state index in [4.69, 9.17) is 4.42 Å². The Morgan fingerprint density at radius 3 is 2.93 bits per heavy atom. The van der Waals surface area contributed by atoms with Gasteiger partial charge in [0.1, 0.15) is 21.9 Å². The molecule has 0 saturated heterocycles. The lowest BCUT2D eigenvalue weighted by Gasteiger charge is -1.90. The van der Waals surface area contributed by atoms with Crippen LogP contribution in [-0.4, -0.2) is 4.98 Å². The van der Waals surface area contributed by atoms with Gasteiger partial charge in [0, 0.05) is 10.8 Å². The van der Waals surface area contributed by atoms with Gasteiger partial charge in [0.25, 0.3) is 0 Å². The molecule has 0 aliphatic heterocycles. The summed E-state index contributed by atoms with van der Waals surface area (Å²) in [4.78, 5) is 4.33. The van der Waals surface area contributed by atoms with Crippen molar-refractivity contribution in [3.63, 3.8) is 0 Å². The van der Waals surface area contributed by atoms with E-state index in [9.17, 15) is 0 Å². The molecular weight excluding hydrogens is 226 g/mol. The van der Waals surface area contributed by atoms with Gasteiger partial charge in [-0.25, -0.2) is 4.98 Å². The molecule has 0 unspecified atom stereocenters. The Balaban J connectivity index is 2.27. The average Bonchev–Trinajstić information content (AvgIpc) is 2.83. The van der Waals surface area contributed by atoms with Gasteiger partial charge in [-0.15, -0.1) is 24.0 Å². The Labute approximate surface area is 96.0 Å². The van der Waals surface area contributed by atoms with E-state index in [1.54, 1.807) is 17.6 Å². The summed E-state index contributed by atoms with van der Waals surface area (Å²) in [5.74, 6) is 0. The largest absolute Gasteiger partial charge is 0.464 e. The molecule has 0 aliphatic rings. The van der Waals surface area contributed by atoms with Crippen LogP contribution in [0, 0.1) is 0 Å². The number of rotatable bonds is 1. The van der Waals surface area contributed by atoms with Crippen LogP contribution in [0.3, 0.4) is 0 Å². The minimum absolute atomic E-state index is 0.750. The number of aromatic nitrogens is 1. The average molecular weight is 233 g/mol. The first kappa shape index (κ1) is 9.00. The van der Waals surface area contributed by atoms with Gasteiger partial charge in [0.15, 0.2) is 0 Å². The Bertz CT molecular complexity index is 612. The number of furan rings is 1. The van der Waals surface area contributed by atoms with Gasteiger partial charge in [-0.3, -0.25) is 0 Å². The predicted octanol–water partition coefficient (Wildman–Crippen LogP) is 3.85. The third kappa shape index (κ3) is 1.46. The van der Waals surface area contributed by atoms with Gasteiger partial charge in [-0.05, 0) is 6.07 Å². The smallest absolute Gasteiger partial charge is 0.134 e. The Morgan fingerprint density at radius 2 is 2.13 bits per heavy atom. The van der Waals surface area contributed by atoms with Crippen molar-refractivity contribution in [1.29, 1.82) is 0 Å². The van der Waals surface area contributed by atoms with Crippen molar-refractivity contribution in [1.82, 2.24) is 4.98 Å². The summed E-state index contributed by atoms with van der Waals surface area (Å²) < 4.78 is 5.45. The molecule has 3 aromatic rings. The van der Waals surface area contributed by atoms with E-state index in [1.807, 2.05) is 29.6 Å². The van der Waals surface area contributed by atoms with Gasteiger partial charge in [-0.1, -0.05) is 18.2 Å². The van der Waals surface area contributed by atoms with Crippen molar-refractivity contribution >= 4 is 34.9 Å². The third-order valence-electron chi connectivity index (χ3n) is 2.20. The molecule has 1 aromatic carbocycles. The van der Waals surface area contributed by atoms with Crippen LogP contribution in [0.15, 0.2) is 45.4 Å². The van der Waals surface area contributed by atoms with Gasteiger partial charge in [0.2, 0.25) is 0 Å². The molecule has 15 heavy (non-hydrogen) atoms. The number of nitrogens with zero attached hydrogens (tertiary/aromatic N) is 1. The first-order chi connectivity index (χ1) is 7.34. The molecule has 0 N–H and O–H groups in total. The van der Waals surface area contributed by atoms with Crippen molar-refractivity contribution in [3.05, 3.63) is 35.9 Å². The lowest BCUT2D eigenvalue weighted by Crippen LogP contribution is -1.72. The number of thiol groups is 1. The van der Waals surface area contributed by atoms with Crippen molar-refractivity contribution < 1.29 is 4.42 Å². The molecule has 74 valence electrons. The van der Waals surface area contributed by atoms with Crippen LogP contribution in [0.2, 0.25) is 0 Å². The molecule has 2 nitrogen and oxygen atoms in total. The number of para-hydroxylation sites is 1. The van der Waals surface area contributed by atoms with E-state index in [0.717, 1.165) is 26.6 Å². The summed E-state index contributed by atoms with van der Waals surface area (Å²) in [5.41, 5.74) is 1.93. The normalized spacial score (nSPS) is 11.0. The van der Waals surface area contributed by atoms with E-state index in [-0.39, 0.29) is 0 Å². The first-order valence-corrected chi connectivity index (χ1v) is 5.78. The Hall–Kier alpha value is -1.26. The number of thiazole rings is 1. The van der Waals surface area contributed by atoms with Gasteiger partial charge >= 0.3 is 0 Å². The maximum Gasteiger partial charge on any atom is 0.134 e. The van der Waals surface area contributed by atoms with E-state index in [1.165, 1.54) is 0 Å². The van der Waals surface area contributed by atoms with Gasteiger partial charge in [-0.2, -0.15) is 0 Å². The molecule has 0 radical (unpaired) electrons. The molecule has 0 spiro atoms. The number of fused-ring (bicyclic) bond motifs is 1. The van der Waals surface area contributed by atoms with Crippen LogP contribution in [-0.2, 0) is 0 Å². The van der Waals surface area contributed by atoms with Crippen LogP contribution in [0.4, 0.5) is 0 Å². The highest BCUT2D eigenvalue weighted by atomic mass is 32.1. The van der Waals surface area contributed by atoms with Crippen LogP contribution in [0.25, 0.3) is 21.5 Å². The monoisotopic (exact) mass is 233 g/mol. The summed E-state index contributed by atoms with van der Waals surface area (Å²) in [7, 11) is 0. The molecule has 3 rings (SSSR count). The van der Waals surface area contributed by atoms with E-state index in [2.05, 4.69) is 17.6 Å².